The largest absolute Gasteiger partial charge is 0.382 e. The van der Waals surface area contributed by atoms with Gasteiger partial charge in [0.15, 0.2) is 0 Å². The van der Waals surface area contributed by atoms with E-state index in [2.05, 4.69) is 22.1 Å². The highest BCUT2D eigenvalue weighted by Gasteiger charge is 2.19. The molecule has 4 nitrogen and oxygen atoms in total. The van der Waals surface area contributed by atoms with Crippen molar-refractivity contribution in [3.05, 3.63) is 17.8 Å². The summed E-state index contributed by atoms with van der Waals surface area (Å²) in [6.45, 7) is 2.28. The summed E-state index contributed by atoms with van der Waals surface area (Å²) in [6.07, 6.45) is 2.45. The number of piperidine rings is 1. The molecule has 1 aliphatic heterocycles. The molecule has 0 saturated carbocycles. The molecule has 1 saturated heterocycles. The number of likely N-dealkylation sites (N-methyl/N-ethyl adjacent to an activating group) is 1. The highest BCUT2D eigenvalue weighted by atomic mass is 15.2. The van der Waals surface area contributed by atoms with Crippen LogP contribution in [0.3, 0.4) is 0 Å². The van der Waals surface area contributed by atoms with E-state index in [0.717, 1.165) is 12.2 Å². The molecule has 0 aliphatic carbocycles. The number of anilines is 1. The van der Waals surface area contributed by atoms with Crippen molar-refractivity contribution in [3.8, 4) is 0 Å². The lowest BCUT2D eigenvalue weighted by atomic mass is 9.95. The fourth-order valence-corrected chi connectivity index (χ4v) is 1.98. The molecule has 4 heteroatoms. The van der Waals surface area contributed by atoms with Gasteiger partial charge in [0, 0.05) is 12.5 Å². The standard InChI is InChI=1S/C10H16N4/c1-14-6-2-3-8(7-14)9-4-5-10(11)13-12-9/h4-5,8H,2-3,6-7H2,1H3,(H2,11,13). The van der Waals surface area contributed by atoms with Crippen molar-refractivity contribution >= 4 is 5.82 Å². The Labute approximate surface area is 84.1 Å². The summed E-state index contributed by atoms with van der Waals surface area (Å²) in [6, 6.07) is 3.82. The maximum Gasteiger partial charge on any atom is 0.146 e. The number of aromatic nitrogens is 2. The van der Waals surface area contributed by atoms with E-state index in [0.29, 0.717) is 11.7 Å². The lowest BCUT2D eigenvalue weighted by molar-refractivity contribution is 0.248. The Bertz CT molecular complexity index is 295. The molecule has 1 unspecified atom stereocenters. The topological polar surface area (TPSA) is 55.0 Å². The van der Waals surface area contributed by atoms with Gasteiger partial charge < -0.3 is 10.6 Å². The Morgan fingerprint density at radius 3 is 2.93 bits per heavy atom. The third kappa shape index (κ3) is 2.01. The summed E-state index contributed by atoms with van der Waals surface area (Å²) >= 11 is 0. The minimum absolute atomic E-state index is 0.498. The van der Waals surface area contributed by atoms with Gasteiger partial charge in [0.2, 0.25) is 0 Å². The molecule has 2 rings (SSSR count). The molecule has 0 spiro atoms. The highest BCUT2D eigenvalue weighted by Crippen LogP contribution is 2.24. The SMILES string of the molecule is CN1CCCC(c2ccc(N)nn2)C1. The summed E-state index contributed by atoms with van der Waals surface area (Å²) in [5.74, 6) is 1.03. The van der Waals surface area contributed by atoms with Crippen LogP contribution in [0.1, 0.15) is 24.5 Å². The molecular formula is C10H16N4. The number of rotatable bonds is 1. The minimum atomic E-state index is 0.498. The predicted octanol–water partition coefficient (Wildman–Crippen LogP) is 0.868. The summed E-state index contributed by atoms with van der Waals surface area (Å²) in [5, 5.41) is 8.02. The molecule has 14 heavy (non-hydrogen) atoms. The van der Waals surface area contributed by atoms with Gasteiger partial charge in [-0.2, -0.15) is 5.10 Å². The van der Waals surface area contributed by atoms with Crippen molar-refractivity contribution in [3.63, 3.8) is 0 Å². The fraction of sp³-hybridized carbons (Fsp3) is 0.600. The van der Waals surface area contributed by atoms with Gasteiger partial charge in [-0.1, -0.05) is 0 Å². The van der Waals surface area contributed by atoms with Crippen LogP contribution in [0.15, 0.2) is 12.1 Å². The first kappa shape index (κ1) is 9.40. The minimum Gasteiger partial charge on any atom is -0.382 e. The Hall–Kier alpha value is -1.16. The van der Waals surface area contributed by atoms with Crippen LogP contribution in [0.25, 0.3) is 0 Å². The van der Waals surface area contributed by atoms with E-state index >= 15 is 0 Å². The van der Waals surface area contributed by atoms with Crippen LogP contribution in [-0.4, -0.2) is 35.2 Å². The second kappa shape index (κ2) is 3.92. The summed E-state index contributed by atoms with van der Waals surface area (Å²) in [7, 11) is 2.15. The second-order valence-electron chi connectivity index (χ2n) is 3.98. The second-order valence-corrected chi connectivity index (χ2v) is 3.98. The van der Waals surface area contributed by atoms with Crippen molar-refractivity contribution in [2.24, 2.45) is 0 Å². The van der Waals surface area contributed by atoms with Gasteiger partial charge in [-0.15, -0.1) is 5.10 Å². The Balaban J connectivity index is 2.10. The molecule has 1 aromatic heterocycles. The first-order chi connectivity index (χ1) is 6.75. The van der Waals surface area contributed by atoms with Crippen molar-refractivity contribution in [1.29, 1.82) is 0 Å². The molecular weight excluding hydrogens is 176 g/mol. The zero-order chi connectivity index (χ0) is 9.97. The molecule has 2 heterocycles. The van der Waals surface area contributed by atoms with E-state index in [1.54, 1.807) is 0 Å². The van der Waals surface area contributed by atoms with Gasteiger partial charge in [0.1, 0.15) is 5.82 Å². The average molecular weight is 192 g/mol. The van der Waals surface area contributed by atoms with Gasteiger partial charge >= 0.3 is 0 Å². The van der Waals surface area contributed by atoms with E-state index < -0.39 is 0 Å². The third-order valence-electron chi connectivity index (χ3n) is 2.75. The van der Waals surface area contributed by atoms with E-state index in [9.17, 15) is 0 Å². The Kier molecular flexibility index (Phi) is 2.63. The fourth-order valence-electron chi connectivity index (χ4n) is 1.98. The van der Waals surface area contributed by atoms with E-state index in [4.69, 9.17) is 5.73 Å². The Morgan fingerprint density at radius 1 is 1.43 bits per heavy atom. The molecule has 0 bridgehead atoms. The number of hydrogen-bond donors (Lipinski definition) is 1. The number of nitrogens with zero attached hydrogens (tertiary/aromatic N) is 3. The summed E-state index contributed by atoms with van der Waals surface area (Å²) in [4.78, 5) is 2.34. The van der Waals surface area contributed by atoms with E-state index in [1.165, 1.54) is 19.4 Å². The molecule has 76 valence electrons. The zero-order valence-corrected chi connectivity index (χ0v) is 8.48. The van der Waals surface area contributed by atoms with Gasteiger partial charge in [-0.3, -0.25) is 0 Å². The van der Waals surface area contributed by atoms with Crippen molar-refractivity contribution in [2.75, 3.05) is 25.9 Å². The molecule has 1 aliphatic rings. The average Bonchev–Trinajstić information content (AvgIpc) is 2.19. The van der Waals surface area contributed by atoms with Crippen LogP contribution in [0.4, 0.5) is 5.82 Å². The van der Waals surface area contributed by atoms with Crippen LogP contribution in [0, 0.1) is 0 Å². The molecule has 0 amide bonds. The summed E-state index contributed by atoms with van der Waals surface area (Å²) < 4.78 is 0. The third-order valence-corrected chi connectivity index (χ3v) is 2.75. The maximum atomic E-state index is 5.50. The van der Waals surface area contributed by atoms with E-state index in [1.807, 2.05) is 12.1 Å². The molecule has 0 radical (unpaired) electrons. The van der Waals surface area contributed by atoms with E-state index in [-0.39, 0.29) is 0 Å². The van der Waals surface area contributed by atoms with Crippen molar-refractivity contribution in [2.45, 2.75) is 18.8 Å². The van der Waals surface area contributed by atoms with Crippen LogP contribution in [-0.2, 0) is 0 Å². The molecule has 1 atom stereocenters. The number of hydrogen-bond acceptors (Lipinski definition) is 4. The monoisotopic (exact) mass is 192 g/mol. The molecule has 1 aromatic rings. The summed E-state index contributed by atoms with van der Waals surface area (Å²) in [5.41, 5.74) is 6.57. The highest BCUT2D eigenvalue weighted by molar-refractivity contribution is 5.26. The molecule has 1 fully saturated rings. The number of likely N-dealkylation sites (tertiary alicyclic amines) is 1. The smallest absolute Gasteiger partial charge is 0.146 e. The normalized spacial score (nSPS) is 23.6. The lowest BCUT2D eigenvalue weighted by Crippen LogP contribution is -2.31. The zero-order valence-electron chi connectivity index (χ0n) is 8.48. The van der Waals surface area contributed by atoms with Gasteiger partial charge in [-0.05, 0) is 38.6 Å². The van der Waals surface area contributed by atoms with Crippen LogP contribution < -0.4 is 5.73 Å². The lowest BCUT2D eigenvalue weighted by Gasteiger charge is -2.28. The van der Waals surface area contributed by atoms with Gasteiger partial charge in [-0.25, -0.2) is 0 Å². The Morgan fingerprint density at radius 2 is 2.29 bits per heavy atom. The van der Waals surface area contributed by atoms with Gasteiger partial charge in [0.05, 0.1) is 5.69 Å². The first-order valence-electron chi connectivity index (χ1n) is 5.03. The molecule has 2 N–H and O–H groups in total. The van der Waals surface area contributed by atoms with Crippen molar-refractivity contribution in [1.82, 2.24) is 15.1 Å². The van der Waals surface area contributed by atoms with Gasteiger partial charge in [0.25, 0.3) is 0 Å². The maximum absolute atomic E-state index is 5.50. The number of nitrogen functional groups attached to an aromatic ring is 1. The first-order valence-corrected chi connectivity index (χ1v) is 5.03. The van der Waals surface area contributed by atoms with Crippen molar-refractivity contribution < 1.29 is 0 Å². The van der Waals surface area contributed by atoms with Crippen LogP contribution in [0.2, 0.25) is 0 Å². The van der Waals surface area contributed by atoms with Crippen LogP contribution >= 0.6 is 0 Å². The predicted molar refractivity (Wildman–Crippen MR) is 55.9 cm³/mol. The van der Waals surface area contributed by atoms with Crippen LogP contribution in [0.5, 0.6) is 0 Å². The quantitative estimate of drug-likeness (QED) is 0.717. The number of nitrogens with two attached hydrogens (primary N) is 1. The molecule has 0 aromatic carbocycles.